The molecular weight excluding hydrogens is 356 g/mol. The number of H-pyrrole nitrogens is 1. The van der Waals surface area contributed by atoms with Crippen LogP contribution in [0.2, 0.25) is 5.02 Å². The number of benzene rings is 1. The lowest BCUT2D eigenvalue weighted by atomic mass is 10.0. The average Bonchev–Trinajstić information content (AvgIpc) is 2.93. The van der Waals surface area contributed by atoms with Crippen LogP contribution in [0.5, 0.6) is 0 Å². The minimum absolute atomic E-state index is 0.0852. The number of esters is 1. The fourth-order valence-corrected chi connectivity index (χ4v) is 2.96. The van der Waals surface area contributed by atoms with E-state index in [0.717, 1.165) is 0 Å². The Hall–Kier alpha value is -2.60. The summed E-state index contributed by atoms with van der Waals surface area (Å²) >= 11 is 5.85. The Morgan fingerprint density at radius 3 is 2.31 bits per heavy atom. The van der Waals surface area contributed by atoms with E-state index in [1.54, 1.807) is 45.0 Å². The molecule has 0 spiro atoms. The van der Waals surface area contributed by atoms with Crippen LogP contribution in [0.25, 0.3) is 0 Å². The molecule has 7 heteroatoms. The van der Waals surface area contributed by atoms with Gasteiger partial charge in [0.25, 0.3) is 5.91 Å². The number of rotatable bonds is 6. The van der Waals surface area contributed by atoms with Crippen LogP contribution < -0.4 is 0 Å². The van der Waals surface area contributed by atoms with Crippen molar-refractivity contribution in [3.63, 3.8) is 0 Å². The van der Waals surface area contributed by atoms with E-state index in [1.165, 1.54) is 12.0 Å². The first-order chi connectivity index (χ1) is 12.3. The van der Waals surface area contributed by atoms with Crippen LogP contribution in [0.3, 0.4) is 0 Å². The lowest BCUT2D eigenvalue weighted by Crippen LogP contribution is -2.35. The molecule has 0 unspecified atom stereocenters. The van der Waals surface area contributed by atoms with Crippen molar-refractivity contribution in [1.29, 1.82) is 0 Å². The molecule has 2 aromatic rings. The highest BCUT2D eigenvalue weighted by atomic mass is 35.5. The van der Waals surface area contributed by atoms with Gasteiger partial charge < -0.3 is 14.6 Å². The third-order valence-electron chi connectivity index (χ3n) is 4.20. The zero-order chi connectivity index (χ0) is 19.4. The number of ketones is 1. The minimum atomic E-state index is -0.533. The number of Topliss-reactive ketones (excluding diaryl/α,β-unsaturated/α-hetero) is 1. The molecule has 0 saturated heterocycles. The maximum atomic E-state index is 12.8. The van der Waals surface area contributed by atoms with Crippen LogP contribution in [0.4, 0.5) is 0 Å². The average molecular weight is 377 g/mol. The van der Waals surface area contributed by atoms with Gasteiger partial charge in [-0.3, -0.25) is 9.59 Å². The van der Waals surface area contributed by atoms with Crippen LogP contribution in [0, 0.1) is 13.8 Å². The maximum absolute atomic E-state index is 12.8. The topological polar surface area (TPSA) is 79.5 Å². The van der Waals surface area contributed by atoms with Crippen molar-refractivity contribution < 1.29 is 19.1 Å². The molecule has 26 heavy (non-hydrogen) atoms. The third-order valence-corrected chi connectivity index (χ3v) is 4.45. The highest BCUT2D eigenvalue weighted by Gasteiger charge is 2.25. The number of nitrogens with one attached hydrogen (secondary N) is 1. The lowest BCUT2D eigenvalue weighted by molar-refractivity contribution is 0.0593. The monoisotopic (exact) mass is 376 g/mol. The largest absolute Gasteiger partial charge is 0.464 e. The summed E-state index contributed by atoms with van der Waals surface area (Å²) in [5.74, 6) is -1.03. The summed E-state index contributed by atoms with van der Waals surface area (Å²) < 4.78 is 4.72. The number of nitrogens with zero attached hydrogens (tertiary/aromatic N) is 1. The number of halogens is 1. The molecule has 138 valence electrons. The predicted octanol–water partition coefficient (Wildman–Crippen LogP) is 3.42. The SMILES string of the molecule is CCN(CC(=O)c1c(C)[nH]c(C(=O)OC)c1C)C(=O)c1ccc(Cl)cc1. The summed E-state index contributed by atoms with van der Waals surface area (Å²) in [4.78, 5) is 41.5. The summed E-state index contributed by atoms with van der Waals surface area (Å²) in [5.41, 5.74) is 2.22. The number of aryl methyl sites for hydroxylation is 1. The van der Waals surface area contributed by atoms with E-state index in [2.05, 4.69) is 4.98 Å². The van der Waals surface area contributed by atoms with Crippen LogP contribution in [0.1, 0.15) is 49.4 Å². The van der Waals surface area contributed by atoms with Gasteiger partial charge in [-0.25, -0.2) is 4.79 Å². The second-order valence-electron chi connectivity index (χ2n) is 5.87. The van der Waals surface area contributed by atoms with Crippen molar-refractivity contribution in [2.75, 3.05) is 20.2 Å². The van der Waals surface area contributed by atoms with Crippen LogP contribution in [-0.4, -0.2) is 47.7 Å². The molecule has 1 aromatic heterocycles. The predicted molar refractivity (Wildman–Crippen MR) is 99.0 cm³/mol. The molecule has 1 aromatic carbocycles. The molecule has 0 aliphatic rings. The number of hydrogen-bond donors (Lipinski definition) is 1. The van der Waals surface area contributed by atoms with Gasteiger partial charge in [0, 0.05) is 28.4 Å². The van der Waals surface area contributed by atoms with E-state index < -0.39 is 5.97 Å². The summed E-state index contributed by atoms with van der Waals surface area (Å²) in [6.45, 7) is 5.49. The molecule has 1 N–H and O–H groups in total. The van der Waals surface area contributed by atoms with E-state index in [-0.39, 0.29) is 23.9 Å². The molecule has 0 saturated carbocycles. The molecule has 0 bridgehead atoms. The van der Waals surface area contributed by atoms with Gasteiger partial charge in [-0.05, 0) is 50.6 Å². The van der Waals surface area contributed by atoms with Gasteiger partial charge in [-0.2, -0.15) is 0 Å². The second kappa shape index (κ2) is 8.19. The fraction of sp³-hybridized carbons (Fsp3) is 0.316. The number of ether oxygens (including phenoxy) is 1. The molecule has 0 aliphatic heterocycles. The van der Waals surface area contributed by atoms with Crippen molar-refractivity contribution >= 4 is 29.3 Å². The molecule has 0 radical (unpaired) electrons. The van der Waals surface area contributed by atoms with Gasteiger partial charge >= 0.3 is 5.97 Å². The van der Waals surface area contributed by atoms with Crippen molar-refractivity contribution in [1.82, 2.24) is 9.88 Å². The van der Waals surface area contributed by atoms with Crippen molar-refractivity contribution in [2.45, 2.75) is 20.8 Å². The first-order valence-electron chi connectivity index (χ1n) is 8.15. The Kier molecular flexibility index (Phi) is 6.21. The highest BCUT2D eigenvalue weighted by molar-refractivity contribution is 6.30. The Morgan fingerprint density at radius 1 is 1.15 bits per heavy atom. The maximum Gasteiger partial charge on any atom is 0.354 e. The summed E-state index contributed by atoms with van der Waals surface area (Å²) in [5, 5.41) is 0.537. The zero-order valence-electron chi connectivity index (χ0n) is 15.2. The van der Waals surface area contributed by atoms with Crippen LogP contribution >= 0.6 is 11.6 Å². The molecule has 1 amide bonds. The van der Waals surface area contributed by atoms with E-state index in [4.69, 9.17) is 16.3 Å². The molecule has 2 rings (SSSR count). The van der Waals surface area contributed by atoms with Gasteiger partial charge in [-0.1, -0.05) is 11.6 Å². The van der Waals surface area contributed by atoms with E-state index in [0.29, 0.717) is 34.0 Å². The van der Waals surface area contributed by atoms with Gasteiger partial charge in [-0.15, -0.1) is 0 Å². The molecule has 0 atom stereocenters. The number of likely N-dealkylation sites (N-methyl/N-ethyl adjacent to an activating group) is 1. The van der Waals surface area contributed by atoms with E-state index in [9.17, 15) is 14.4 Å². The van der Waals surface area contributed by atoms with Crippen molar-refractivity contribution in [3.8, 4) is 0 Å². The number of hydrogen-bond acceptors (Lipinski definition) is 4. The second-order valence-corrected chi connectivity index (χ2v) is 6.30. The number of aromatic amines is 1. The smallest absolute Gasteiger partial charge is 0.354 e. The summed E-state index contributed by atoms with van der Waals surface area (Å²) in [7, 11) is 1.28. The molecule has 1 heterocycles. The fourth-order valence-electron chi connectivity index (χ4n) is 2.83. The van der Waals surface area contributed by atoms with Gasteiger partial charge in [0.2, 0.25) is 0 Å². The highest BCUT2D eigenvalue weighted by Crippen LogP contribution is 2.20. The van der Waals surface area contributed by atoms with E-state index >= 15 is 0 Å². The number of aromatic nitrogens is 1. The normalized spacial score (nSPS) is 10.5. The van der Waals surface area contributed by atoms with E-state index in [1.807, 2.05) is 0 Å². The standard InChI is InChI=1S/C19H21ClN2O4/c1-5-22(18(24)13-6-8-14(20)9-7-13)10-15(23)16-11(2)17(19(25)26-4)21-12(16)3/h6-9,21H,5,10H2,1-4H3. The van der Waals surface area contributed by atoms with Crippen LogP contribution in [0.15, 0.2) is 24.3 Å². The molecule has 0 fully saturated rings. The van der Waals surface area contributed by atoms with Crippen molar-refractivity contribution in [3.05, 3.63) is 57.4 Å². The summed E-state index contributed by atoms with van der Waals surface area (Å²) in [6, 6.07) is 6.51. The van der Waals surface area contributed by atoms with Gasteiger partial charge in [0.15, 0.2) is 5.78 Å². The zero-order valence-corrected chi connectivity index (χ0v) is 15.9. The molecule has 6 nitrogen and oxygen atoms in total. The Bertz CT molecular complexity index is 840. The van der Waals surface area contributed by atoms with Gasteiger partial charge in [0.1, 0.15) is 5.69 Å². The number of amides is 1. The van der Waals surface area contributed by atoms with Crippen LogP contribution in [-0.2, 0) is 4.74 Å². The molecular formula is C19H21ClN2O4. The minimum Gasteiger partial charge on any atom is -0.464 e. The molecule has 0 aliphatic carbocycles. The first kappa shape index (κ1) is 19.7. The quantitative estimate of drug-likeness (QED) is 0.618. The Morgan fingerprint density at radius 2 is 1.77 bits per heavy atom. The number of methoxy groups -OCH3 is 1. The Labute approximate surface area is 157 Å². The first-order valence-corrected chi connectivity index (χ1v) is 8.53. The third kappa shape index (κ3) is 3.96. The van der Waals surface area contributed by atoms with Crippen molar-refractivity contribution in [2.24, 2.45) is 0 Å². The lowest BCUT2D eigenvalue weighted by Gasteiger charge is -2.20. The van der Waals surface area contributed by atoms with Gasteiger partial charge in [0.05, 0.1) is 13.7 Å². The summed E-state index contributed by atoms with van der Waals surface area (Å²) in [6.07, 6.45) is 0. The number of carbonyl (C=O) groups excluding carboxylic acids is 3. The number of carbonyl (C=O) groups is 3. The Balaban J connectivity index is 2.24.